The molecule has 23 heavy (non-hydrogen) atoms. The number of anilines is 2. The number of fused-ring (bicyclic) bond motifs is 1. The highest BCUT2D eigenvalue weighted by molar-refractivity contribution is 7.14. The summed E-state index contributed by atoms with van der Waals surface area (Å²) in [7, 11) is 0. The Hall–Kier alpha value is -2.66. The number of benzene rings is 1. The van der Waals surface area contributed by atoms with Gasteiger partial charge < -0.3 is 5.32 Å². The minimum Gasteiger partial charge on any atom is -0.332 e. The fraction of sp³-hybridized carbons (Fsp3) is 0.111. The van der Waals surface area contributed by atoms with Gasteiger partial charge in [0.1, 0.15) is 11.3 Å². The van der Waals surface area contributed by atoms with Crippen LogP contribution >= 0.6 is 11.3 Å². The quantitative estimate of drug-likeness (QED) is 0.588. The molecule has 5 heteroatoms. The Morgan fingerprint density at radius 1 is 1.04 bits per heavy atom. The highest BCUT2D eigenvalue weighted by Gasteiger charge is 2.14. The number of hydrogen-bond acceptors (Lipinski definition) is 4. The molecule has 0 amide bonds. The van der Waals surface area contributed by atoms with Crippen LogP contribution in [0.3, 0.4) is 0 Å². The molecular weight excluding hydrogens is 304 g/mol. The maximum absolute atomic E-state index is 4.73. The van der Waals surface area contributed by atoms with Crippen molar-refractivity contribution in [3.8, 4) is 11.4 Å². The second-order valence-electron chi connectivity index (χ2n) is 5.51. The van der Waals surface area contributed by atoms with Gasteiger partial charge in [0.05, 0.1) is 11.4 Å². The average Bonchev–Trinajstić information content (AvgIpc) is 3.11. The third-order valence-corrected chi connectivity index (χ3v) is 4.49. The number of aryl methyl sites for hydroxylation is 2. The molecule has 114 valence electrons. The Morgan fingerprint density at radius 3 is 2.70 bits per heavy atom. The molecule has 0 saturated carbocycles. The fourth-order valence-electron chi connectivity index (χ4n) is 2.66. The molecule has 0 radical (unpaired) electrons. The van der Waals surface area contributed by atoms with Gasteiger partial charge in [-0.25, -0.2) is 9.97 Å². The van der Waals surface area contributed by atoms with Crippen molar-refractivity contribution in [1.29, 1.82) is 0 Å². The lowest BCUT2D eigenvalue weighted by Gasteiger charge is -2.02. The normalized spacial score (nSPS) is 11.0. The van der Waals surface area contributed by atoms with E-state index in [0.717, 1.165) is 33.5 Å². The van der Waals surface area contributed by atoms with E-state index < -0.39 is 0 Å². The molecule has 0 spiro atoms. The molecule has 4 nitrogen and oxygen atoms in total. The molecule has 0 unspecified atom stereocenters. The number of rotatable bonds is 3. The Morgan fingerprint density at radius 2 is 1.87 bits per heavy atom. The summed E-state index contributed by atoms with van der Waals surface area (Å²) < 4.78 is 2.10. The van der Waals surface area contributed by atoms with Gasteiger partial charge in [-0.15, -0.1) is 11.3 Å². The number of hydrogen-bond donors (Lipinski definition) is 1. The molecule has 3 heterocycles. The van der Waals surface area contributed by atoms with Crippen molar-refractivity contribution in [2.75, 3.05) is 5.32 Å². The summed E-state index contributed by atoms with van der Waals surface area (Å²) >= 11 is 1.60. The molecular formula is C18H16N4S. The highest BCUT2D eigenvalue weighted by Crippen LogP contribution is 2.29. The first-order chi connectivity index (χ1) is 11.2. The van der Waals surface area contributed by atoms with Crippen molar-refractivity contribution in [3.63, 3.8) is 0 Å². The van der Waals surface area contributed by atoms with Crippen molar-refractivity contribution >= 4 is 27.8 Å². The van der Waals surface area contributed by atoms with Crippen molar-refractivity contribution in [2.45, 2.75) is 13.8 Å². The second-order valence-corrected chi connectivity index (χ2v) is 6.37. The van der Waals surface area contributed by atoms with E-state index in [-0.39, 0.29) is 0 Å². The zero-order chi connectivity index (χ0) is 15.8. The summed E-state index contributed by atoms with van der Waals surface area (Å²) in [4.78, 5) is 9.38. The highest BCUT2D eigenvalue weighted by atomic mass is 32.1. The lowest BCUT2D eigenvalue weighted by molar-refractivity contribution is 1.16. The second kappa shape index (κ2) is 5.52. The number of aromatic nitrogens is 3. The summed E-state index contributed by atoms with van der Waals surface area (Å²) in [5.74, 6) is 0. The number of nitrogens with one attached hydrogen (secondary N) is 1. The van der Waals surface area contributed by atoms with Gasteiger partial charge in [0.25, 0.3) is 0 Å². The molecule has 4 rings (SSSR count). The molecule has 0 aliphatic heterocycles. The van der Waals surface area contributed by atoms with Crippen LogP contribution in [0.5, 0.6) is 0 Å². The van der Waals surface area contributed by atoms with Gasteiger partial charge in [-0.3, -0.25) is 4.40 Å². The molecule has 1 N–H and O–H groups in total. The van der Waals surface area contributed by atoms with Crippen LogP contribution in [0.4, 0.5) is 10.8 Å². The van der Waals surface area contributed by atoms with E-state index >= 15 is 0 Å². The standard InChI is InChI=1S/C18H16N4S/c1-12-8-9-22-16(10-12)19-13(2)17(22)15-11-23-18(21-15)20-14-6-4-3-5-7-14/h3-11H,1-2H3,(H,20,21). The van der Waals surface area contributed by atoms with Crippen molar-refractivity contribution in [3.05, 3.63) is 65.3 Å². The lowest BCUT2D eigenvalue weighted by atomic mass is 10.2. The molecule has 0 bridgehead atoms. The molecule has 1 aromatic carbocycles. The van der Waals surface area contributed by atoms with Crippen LogP contribution in [0, 0.1) is 13.8 Å². The number of nitrogens with zero attached hydrogens (tertiary/aromatic N) is 3. The van der Waals surface area contributed by atoms with Gasteiger partial charge in [0.2, 0.25) is 0 Å². The van der Waals surface area contributed by atoms with E-state index in [1.807, 2.05) is 37.3 Å². The summed E-state index contributed by atoms with van der Waals surface area (Å²) in [5.41, 5.74) is 6.20. The van der Waals surface area contributed by atoms with E-state index in [4.69, 9.17) is 4.98 Å². The van der Waals surface area contributed by atoms with Gasteiger partial charge in [-0.1, -0.05) is 18.2 Å². The largest absolute Gasteiger partial charge is 0.332 e. The van der Waals surface area contributed by atoms with E-state index in [2.05, 4.69) is 45.3 Å². The third-order valence-electron chi connectivity index (χ3n) is 3.73. The predicted octanol–water partition coefficient (Wildman–Crippen LogP) is 4.82. The summed E-state index contributed by atoms with van der Waals surface area (Å²) in [6.07, 6.45) is 2.06. The summed E-state index contributed by atoms with van der Waals surface area (Å²) in [6.45, 7) is 4.11. The topological polar surface area (TPSA) is 42.2 Å². The maximum Gasteiger partial charge on any atom is 0.187 e. The molecule has 0 fully saturated rings. The number of pyridine rings is 1. The SMILES string of the molecule is Cc1ccn2c(-c3csc(Nc4ccccc4)n3)c(C)nc2c1. The van der Waals surface area contributed by atoms with E-state index in [0.29, 0.717) is 0 Å². The summed E-state index contributed by atoms with van der Waals surface area (Å²) in [6, 6.07) is 14.3. The van der Waals surface area contributed by atoms with Crippen LogP contribution in [0.25, 0.3) is 17.0 Å². The van der Waals surface area contributed by atoms with Crippen molar-refractivity contribution in [2.24, 2.45) is 0 Å². The van der Waals surface area contributed by atoms with Gasteiger partial charge in [-0.2, -0.15) is 0 Å². The Bertz CT molecular complexity index is 969. The smallest absolute Gasteiger partial charge is 0.187 e. The van der Waals surface area contributed by atoms with Crippen LogP contribution in [-0.2, 0) is 0 Å². The average molecular weight is 320 g/mol. The van der Waals surface area contributed by atoms with Crippen molar-refractivity contribution in [1.82, 2.24) is 14.4 Å². The van der Waals surface area contributed by atoms with Crippen LogP contribution in [-0.4, -0.2) is 14.4 Å². The van der Waals surface area contributed by atoms with Crippen molar-refractivity contribution < 1.29 is 0 Å². The molecule has 4 aromatic rings. The van der Waals surface area contributed by atoms with E-state index in [9.17, 15) is 0 Å². The number of para-hydroxylation sites is 1. The zero-order valence-electron chi connectivity index (χ0n) is 12.9. The summed E-state index contributed by atoms with van der Waals surface area (Å²) in [5, 5.41) is 6.29. The van der Waals surface area contributed by atoms with Crippen LogP contribution < -0.4 is 5.32 Å². The Kier molecular flexibility index (Phi) is 3.35. The molecule has 0 aliphatic carbocycles. The van der Waals surface area contributed by atoms with Gasteiger partial charge >= 0.3 is 0 Å². The van der Waals surface area contributed by atoms with Gasteiger partial charge in [-0.05, 0) is 43.7 Å². The van der Waals surface area contributed by atoms with Crippen LogP contribution in [0.15, 0.2) is 54.0 Å². The first-order valence-corrected chi connectivity index (χ1v) is 8.32. The van der Waals surface area contributed by atoms with Crippen LogP contribution in [0.2, 0.25) is 0 Å². The minimum atomic E-state index is 0.882. The van der Waals surface area contributed by atoms with Crippen LogP contribution in [0.1, 0.15) is 11.3 Å². The Balaban J connectivity index is 1.73. The van der Waals surface area contributed by atoms with E-state index in [1.54, 1.807) is 11.3 Å². The maximum atomic E-state index is 4.73. The monoisotopic (exact) mass is 320 g/mol. The lowest BCUT2D eigenvalue weighted by Crippen LogP contribution is -1.92. The first-order valence-electron chi connectivity index (χ1n) is 7.44. The third kappa shape index (κ3) is 2.59. The number of imidazole rings is 1. The first kappa shape index (κ1) is 14.0. The number of thiazole rings is 1. The minimum absolute atomic E-state index is 0.882. The van der Waals surface area contributed by atoms with Gasteiger partial charge in [0.15, 0.2) is 5.13 Å². The Labute approximate surface area is 138 Å². The molecule has 3 aromatic heterocycles. The van der Waals surface area contributed by atoms with Gasteiger partial charge in [0, 0.05) is 17.3 Å². The molecule has 0 atom stereocenters. The predicted molar refractivity (Wildman–Crippen MR) is 95.5 cm³/mol. The zero-order valence-corrected chi connectivity index (χ0v) is 13.8. The fourth-order valence-corrected chi connectivity index (χ4v) is 3.37. The van der Waals surface area contributed by atoms with E-state index in [1.165, 1.54) is 5.56 Å². The molecule has 0 aliphatic rings. The molecule has 0 saturated heterocycles.